The van der Waals surface area contributed by atoms with E-state index in [1.807, 2.05) is 80.6 Å². The molecule has 4 rings (SSSR count). The fourth-order valence-electron chi connectivity index (χ4n) is 3.73. The van der Waals surface area contributed by atoms with E-state index in [1.165, 1.54) is 0 Å². The predicted octanol–water partition coefficient (Wildman–Crippen LogP) is 5.47. The Morgan fingerprint density at radius 3 is 2.46 bits per heavy atom. The highest BCUT2D eigenvalue weighted by atomic mass is 16.5. The number of hydrogen-bond donors (Lipinski definition) is 1. The van der Waals surface area contributed by atoms with Crippen molar-refractivity contribution in [1.82, 2.24) is 10.4 Å². The number of methoxy groups -OCH3 is 1. The summed E-state index contributed by atoms with van der Waals surface area (Å²) < 4.78 is 16.7. The van der Waals surface area contributed by atoms with Gasteiger partial charge in [-0.1, -0.05) is 30.3 Å². The molecule has 0 fully saturated rings. The van der Waals surface area contributed by atoms with Crippen LogP contribution < -0.4 is 19.6 Å². The number of carbonyl (C=O) groups is 1. The van der Waals surface area contributed by atoms with Crippen LogP contribution in [0, 0.1) is 0 Å². The summed E-state index contributed by atoms with van der Waals surface area (Å²) in [5, 5.41) is 4.91. The minimum atomic E-state index is -0.341. The summed E-state index contributed by atoms with van der Waals surface area (Å²) in [7, 11) is 1.61. The van der Waals surface area contributed by atoms with Crippen molar-refractivity contribution in [3.05, 3.63) is 83.9 Å². The van der Waals surface area contributed by atoms with Gasteiger partial charge in [0.25, 0.3) is 5.91 Å². The topological polar surface area (TPSA) is 82.0 Å². The minimum absolute atomic E-state index is 0.341. The van der Waals surface area contributed by atoms with Crippen LogP contribution in [0.4, 0.5) is 0 Å². The van der Waals surface area contributed by atoms with E-state index < -0.39 is 0 Å². The predicted molar refractivity (Wildman–Crippen MR) is 138 cm³/mol. The Morgan fingerprint density at radius 2 is 1.66 bits per heavy atom. The Bertz CT molecular complexity index is 1370. The highest BCUT2D eigenvalue weighted by Crippen LogP contribution is 2.31. The van der Waals surface area contributed by atoms with Gasteiger partial charge < -0.3 is 14.2 Å². The first kappa shape index (κ1) is 23.8. The van der Waals surface area contributed by atoms with Crippen LogP contribution in [-0.4, -0.2) is 37.4 Å². The maximum Gasteiger partial charge on any atom is 0.272 e. The molecule has 0 atom stereocenters. The molecule has 1 N–H and O–H groups in total. The number of fused-ring (bicyclic) bond motifs is 1. The van der Waals surface area contributed by atoms with E-state index in [-0.39, 0.29) is 5.91 Å². The molecule has 0 spiro atoms. The van der Waals surface area contributed by atoms with Crippen LogP contribution >= 0.6 is 0 Å². The van der Waals surface area contributed by atoms with E-state index in [9.17, 15) is 4.79 Å². The van der Waals surface area contributed by atoms with Crippen LogP contribution in [0.2, 0.25) is 0 Å². The smallest absolute Gasteiger partial charge is 0.272 e. The van der Waals surface area contributed by atoms with Crippen LogP contribution in [0.3, 0.4) is 0 Å². The number of ether oxygens (including phenoxy) is 3. The van der Waals surface area contributed by atoms with Gasteiger partial charge in [0.15, 0.2) is 11.5 Å². The molecule has 0 saturated carbocycles. The van der Waals surface area contributed by atoms with E-state index in [2.05, 4.69) is 10.5 Å². The zero-order chi connectivity index (χ0) is 24.6. The van der Waals surface area contributed by atoms with Crippen molar-refractivity contribution < 1.29 is 19.0 Å². The average Bonchev–Trinajstić information content (AvgIpc) is 2.89. The minimum Gasteiger partial charge on any atom is -0.496 e. The van der Waals surface area contributed by atoms with Crippen LogP contribution in [0.1, 0.15) is 29.8 Å². The second-order valence-corrected chi connectivity index (χ2v) is 7.54. The summed E-state index contributed by atoms with van der Waals surface area (Å²) in [5.41, 5.74) is 6.03. The van der Waals surface area contributed by atoms with Crippen LogP contribution in [-0.2, 0) is 0 Å². The summed E-state index contributed by atoms with van der Waals surface area (Å²) in [6.07, 6.45) is 1.57. The molecule has 1 aromatic heterocycles. The third kappa shape index (κ3) is 5.41. The molecule has 1 amide bonds. The summed E-state index contributed by atoms with van der Waals surface area (Å²) in [6, 6.07) is 22.4. The standard InChI is InChI=1S/C28H27N3O4/c1-4-34-26-15-14-19(16-27(26)35-5-2)18-29-31-28(32)22-17-24(21-11-7-9-13-25(21)33-3)30-23-12-8-6-10-20(22)23/h6-18H,4-5H2,1-3H3,(H,31,32). The summed E-state index contributed by atoms with van der Waals surface area (Å²) in [6.45, 7) is 4.89. The average molecular weight is 470 g/mol. The van der Waals surface area contributed by atoms with Gasteiger partial charge >= 0.3 is 0 Å². The van der Waals surface area contributed by atoms with Crippen molar-refractivity contribution in [2.75, 3.05) is 20.3 Å². The van der Waals surface area contributed by atoms with E-state index in [4.69, 9.17) is 19.2 Å². The normalized spacial score (nSPS) is 10.9. The number of pyridine rings is 1. The van der Waals surface area contributed by atoms with Crippen LogP contribution in [0.15, 0.2) is 77.9 Å². The lowest BCUT2D eigenvalue weighted by Gasteiger charge is -2.12. The highest BCUT2D eigenvalue weighted by molar-refractivity contribution is 6.07. The lowest BCUT2D eigenvalue weighted by Crippen LogP contribution is -2.18. The SMILES string of the molecule is CCOc1ccc(C=NNC(=O)c2cc(-c3ccccc3OC)nc3ccccc23)cc1OCC. The van der Waals surface area contributed by atoms with Gasteiger partial charge in [-0.05, 0) is 61.9 Å². The number of hydrogen-bond acceptors (Lipinski definition) is 6. The van der Waals surface area contributed by atoms with Gasteiger partial charge in [-0.2, -0.15) is 5.10 Å². The highest BCUT2D eigenvalue weighted by Gasteiger charge is 2.15. The van der Waals surface area contributed by atoms with Gasteiger partial charge in [0.1, 0.15) is 5.75 Å². The van der Waals surface area contributed by atoms with Crippen molar-refractivity contribution in [2.24, 2.45) is 5.10 Å². The van der Waals surface area contributed by atoms with Gasteiger partial charge in [0, 0.05) is 10.9 Å². The van der Waals surface area contributed by atoms with E-state index in [1.54, 1.807) is 19.4 Å². The maximum atomic E-state index is 13.2. The Labute approximate surface area is 204 Å². The largest absolute Gasteiger partial charge is 0.496 e. The molecule has 0 radical (unpaired) electrons. The number of nitrogens with zero attached hydrogens (tertiary/aromatic N) is 2. The quantitative estimate of drug-likeness (QED) is 0.260. The van der Waals surface area contributed by atoms with Crippen molar-refractivity contribution in [2.45, 2.75) is 13.8 Å². The summed E-state index contributed by atoms with van der Waals surface area (Å²) >= 11 is 0. The van der Waals surface area contributed by atoms with Gasteiger partial charge in [-0.15, -0.1) is 0 Å². The number of para-hydroxylation sites is 2. The Morgan fingerprint density at radius 1 is 0.914 bits per heavy atom. The van der Waals surface area contributed by atoms with E-state index >= 15 is 0 Å². The Balaban J connectivity index is 1.63. The number of amides is 1. The number of hydrazone groups is 1. The second-order valence-electron chi connectivity index (χ2n) is 7.54. The first-order chi connectivity index (χ1) is 17.1. The molecule has 7 nitrogen and oxygen atoms in total. The third-order valence-corrected chi connectivity index (χ3v) is 5.29. The lowest BCUT2D eigenvalue weighted by atomic mass is 10.0. The molecule has 0 aliphatic rings. The van der Waals surface area contributed by atoms with Crippen LogP contribution in [0.25, 0.3) is 22.2 Å². The maximum absolute atomic E-state index is 13.2. The Hall–Kier alpha value is -4.39. The van der Waals surface area contributed by atoms with Gasteiger partial charge in [0.2, 0.25) is 0 Å². The van der Waals surface area contributed by atoms with Crippen molar-refractivity contribution in [3.63, 3.8) is 0 Å². The monoisotopic (exact) mass is 469 g/mol. The van der Waals surface area contributed by atoms with Gasteiger partial charge in [0.05, 0.1) is 43.3 Å². The summed E-state index contributed by atoms with van der Waals surface area (Å²) in [4.78, 5) is 17.9. The van der Waals surface area contributed by atoms with Crippen molar-refractivity contribution in [1.29, 1.82) is 0 Å². The molecular formula is C28H27N3O4. The molecule has 35 heavy (non-hydrogen) atoms. The summed E-state index contributed by atoms with van der Waals surface area (Å²) in [5.74, 6) is 1.64. The molecule has 7 heteroatoms. The third-order valence-electron chi connectivity index (χ3n) is 5.29. The zero-order valence-electron chi connectivity index (χ0n) is 19.9. The van der Waals surface area contributed by atoms with Gasteiger partial charge in [-0.3, -0.25) is 4.79 Å². The molecule has 178 valence electrons. The van der Waals surface area contributed by atoms with E-state index in [0.717, 1.165) is 16.5 Å². The molecule has 0 aliphatic carbocycles. The first-order valence-corrected chi connectivity index (χ1v) is 11.4. The molecule has 0 aliphatic heterocycles. The fourth-order valence-corrected chi connectivity index (χ4v) is 3.73. The number of aromatic nitrogens is 1. The number of nitrogens with one attached hydrogen (secondary N) is 1. The number of carbonyl (C=O) groups excluding carboxylic acids is 1. The zero-order valence-corrected chi connectivity index (χ0v) is 19.9. The number of rotatable bonds is 9. The molecule has 1 heterocycles. The van der Waals surface area contributed by atoms with Crippen LogP contribution in [0.5, 0.6) is 17.2 Å². The molecule has 0 saturated heterocycles. The van der Waals surface area contributed by atoms with E-state index in [0.29, 0.717) is 47.2 Å². The molecule has 4 aromatic rings. The molecule has 3 aromatic carbocycles. The van der Waals surface area contributed by atoms with Gasteiger partial charge in [-0.25, -0.2) is 10.4 Å². The lowest BCUT2D eigenvalue weighted by molar-refractivity contribution is 0.0956. The van der Waals surface area contributed by atoms with Crippen molar-refractivity contribution in [3.8, 4) is 28.5 Å². The van der Waals surface area contributed by atoms with Crippen molar-refractivity contribution >= 4 is 23.0 Å². The Kier molecular flexibility index (Phi) is 7.57. The molecular weight excluding hydrogens is 442 g/mol. The second kappa shape index (κ2) is 11.2. The molecule has 0 bridgehead atoms. The first-order valence-electron chi connectivity index (χ1n) is 11.4. The molecule has 0 unspecified atom stereocenters. The number of benzene rings is 3. The fraction of sp³-hybridized carbons (Fsp3) is 0.179.